The van der Waals surface area contributed by atoms with Crippen LogP contribution in [0.15, 0.2) is 53.0 Å². The molecule has 0 aliphatic carbocycles. The number of nitrogens with zero attached hydrogens (tertiary/aromatic N) is 1. The van der Waals surface area contributed by atoms with Crippen molar-refractivity contribution in [1.82, 2.24) is 0 Å². The van der Waals surface area contributed by atoms with Crippen LogP contribution in [0.3, 0.4) is 0 Å². The van der Waals surface area contributed by atoms with Crippen molar-refractivity contribution in [2.75, 3.05) is 4.90 Å². The Morgan fingerprint density at radius 1 is 0.733 bits per heavy atom. The lowest BCUT2D eigenvalue weighted by Gasteiger charge is -2.28. The quantitative estimate of drug-likeness (QED) is 0.292. The fraction of sp³-hybridized carbons (Fsp3) is 0.100. The average molecular weight is 488 g/mol. The third-order valence-corrected chi connectivity index (χ3v) is 5.38. The van der Waals surface area contributed by atoms with Crippen LogP contribution < -0.4 is 4.90 Å². The molecule has 0 radical (unpaired) electrons. The summed E-state index contributed by atoms with van der Waals surface area (Å²) in [6.45, 7) is 0. The summed E-state index contributed by atoms with van der Waals surface area (Å²) in [5.74, 6) is -2.02. The molecule has 1 aliphatic heterocycles. The third kappa shape index (κ3) is 3.15. The second-order valence-corrected chi connectivity index (χ2v) is 7.39. The van der Waals surface area contributed by atoms with Gasteiger partial charge in [0.2, 0.25) is 0 Å². The summed E-state index contributed by atoms with van der Waals surface area (Å²) in [4.78, 5) is 26.3. The van der Waals surface area contributed by atoms with Crippen molar-refractivity contribution in [2.45, 2.75) is 12.4 Å². The normalized spacial score (nSPS) is 14.6. The van der Waals surface area contributed by atoms with Crippen LogP contribution in [0.1, 0.15) is 31.8 Å². The zero-order valence-electron chi connectivity index (χ0n) is 14.5. The number of hydrogen-bond donors (Lipinski definition) is 0. The van der Waals surface area contributed by atoms with Crippen LogP contribution in [0.4, 0.5) is 32.0 Å². The Balaban J connectivity index is 1.97. The van der Waals surface area contributed by atoms with Gasteiger partial charge in [0, 0.05) is 21.0 Å². The molecule has 3 nitrogen and oxygen atoms in total. The molecule has 0 aromatic heterocycles. The molecular formula is C20H8BrF6NO2. The van der Waals surface area contributed by atoms with Crippen molar-refractivity contribution < 1.29 is 35.9 Å². The number of anilines is 1. The first-order valence-corrected chi connectivity index (χ1v) is 9.08. The van der Waals surface area contributed by atoms with Crippen molar-refractivity contribution in [3.63, 3.8) is 0 Å². The molecule has 0 spiro atoms. The lowest BCUT2D eigenvalue weighted by molar-refractivity contribution is -0.143. The molecule has 0 fully saturated rings. The van der Waals surface area contributed by atoms with Crippen LogP contribution in [0, 0.1) is 0 Å². The topological polar surface area (TPSA) is 37.4 Å². The highest BCUT2D eigenvalue weighted by molar-refractivity contribution is 9.10. The molecule has 1 aliphatic rings. The standard InChI is InChI=1S/C20H8BrF6NO2/c21-15-5-4-14-16-12(15)2-1-3-13(16)17(29)28(18(14)30)11-7-9(19(22,23)24)6-10(8-11)20(25,26)27/h1-8H. The van der Waals surface area contributed by atoms with E-state index in [4.69, 9.17) is 0 Å². The molecule has 0 bridgehead atoms. The number of amides is 2. The fourth-order valence-electron chi connectivity index (χ4n) is 3.36. The summed E-state index contributed by atoms with van der Waals surface area (Å²) in [7, 11) is 0. The molecule has 0 saturated heterocycles. The van der Waals surface area contributed by atoms with Crippen molar-refractivity contribution in [3.05, 3.63) is 75.3 Å². The molecule has 3 aromatic carbocycles. The monoisotopic (exact) mass is 487 g/mol. The van der Waals surface area contributed by atoms with Gasteiger partial charge in [-0.1, -0.05) is 28.1 Å². The van der Waals surface area contributed by atoms with Gasteiger partial charge in [0.1, 0.15) is 0 Å². The predicted molar refractivity (Wildman–Crippen MR) is 99.2 cm³/mol. The molecule has 1 heterocycles. The van der Waals surface area contributed by atoms with Crippen LogP contribution in [-0.2, 0) is 12.4 Å². The number of halogens is 7. The summed E-state index contributed by atoms with van der Waals surface area (Å²) in [5, 5.41) is 0.799. The van der Waals surface area contributed by atoms with E-state index >= 15 is 0 Å². The molecule has 0 saturated carbocycles. The van der Waals surface area contributed by atoms with E-state index in [2.05, 4.69) is 15.9 Å². The van der Waals surface area contributed by atoms with Crippen LogP contribution >= 0.6 is 15.9 Å². The van der Waals surface area contributed by atoms with Gasteiger partial charge < -0.3 is 0 Å². The van der Waals surface area contributed by atoms with E-state index in [-0.39, 0.29) is 22.6 Å². The molecule has 0 unspecified atom stereocenters. The van der Waals surface area contributed by atoms with Crippen LogP contribution in [-0.4, -0.2) is 11.8 Å². The molecule has 2 amide bonds. The summed E-state index contributed by atoms with van der Waals surface area (Å²) in [6, 6.07) is 8.02. The molecule has 4 rings (SSSR count). The molecule has 0 N–H and O–H groups in total. The summed E-state index contributed by atoms with van der Waals surface area (Å²) in [6.07, 6.45) is -10.2. The number of imide groups is 1. The van der Waals surface area contributed by atoms with Crippen LogP contribution in [0.2, 0.25) is 0 Å². The lowest BCUT2D eigenvalue weighted by atomic mass is 9.93. The van der Waals surface area contributed by atoms with E-state index in [1.54, 1.807) is 6.07 Å². The van der Waals surface area contributed by atoms with Gasteiger partial charge in [0.15, 0.2) is 0 Å². The van der Waals surface area contributed by atoms with E-state index in [0.29, 0.717) is 26.9 Å². The Morgan fingerprint density at radius 2 is 1.27 bits per heavy atom. The molecule has 30 heavy (non-hydrogen) atoms. The minimum Gasteiger partial charge on any atom is -0.268 e. The smallest absolute Gasteiger partial charge is 0.268 e. The number of hydrogen-bond acceptors (Lipinski definition) is 2. The Labute approximate surface area is 173 Å². The summed E-state index contributed by atoms with van der Waals surface area (Å²) < 4.78 is 79.8. The SMILES string of the molecule is O=C1c2cccc3c(Br)ccc(c23)C(=O)N1c1cc(C(F)(F)F)cc(C(F)(F)F)c1. The van der Waals surface area contributed by atoms with E-state index in [1.165, 1.54) is 24.3 Å². The highest BCUT2D eigenvalue weighted by Crippen LogP contribution is 2.41. The first-order valence-electron chi connectivity index (χ1n) is 8.29. The Hall–Kier alpha value is -2.88. The minimum absolute atomic E-state index is 0.00521. The van der Waals surface area contributed by atoms with Crippen molar-refractivity contribution in [3.8, 4) is 0 Å². The maximum absolute atomic E-state index is 13.2. The Morgan fingerprint density at radius 3 is 1.80 bits per heavy atom. The van der Waals surface area contributed by atoms with Gasteiger partial charge >= 0.3 is 12.4 Å². The highest BCUT2D eigenvalue weighted by Gasteiger charge is 2.40. The van der Waals surface area contributed by atoms with Crippen LogP contribution in [0.25, 0.3) is 10.8 Å². The van der Waals surface area contributed by atoms with Crippen LogP contribution in [0.5, 0.6) is 0 Å². The van der Waals surface area contributed by atoms with Gasteiger partial charge in [-0.25, -0.2) is 4.90 Å². The van der Waals surface area contributed by atoms with Gasteiger partial charge in [-0.3, -0.25) is 9.59 Å². The van der Waals surface area contributed by atoms with Crippen molar-refractivity contribution >= 4 is 44.2 Å². The first kappa shape index (κ1) is 20.4. The van der Waals surface area contributed by atoms with E-state index in [0.717, 1.165) is 0 Å². The number of carbonyl (C=O) groups excluding carboxylic acids is 2. The van der Waals surface area contributed by atoms with Crippen molar-refractivity contribution in [1.29, 1.82) is 0 Å². The van der Waals surface area contributed by atoms with E-state index in [1.807, 2.05) is 0 Å². The second kappa shape index (κ2) is 6.56. The highest BCUT2D eigenvalue weighted by atomic mass is 79.9. The maximum Gasteiger partial charge on any atom is 0.416 e. The van der Waals surface area contributed by atoms with Gasteiger partial charge in [-0.15, -0.1) is 0 Å². The first-order chi connectivity index (χ1) is 13.9. The third-order valence-electron chi connectivity index (χ3n) is 4.69. The Bertz CT molecular complexity index is 1180. The largest absolute Gasteiger partial charge is 0.416 e. The lowest BCUT2D eigenvalue weighted by Crippen LogP contribution is -2.40. The minimum atomic E-state index is -5.11. The number of rotatable bonds is 1. The molecule has 154 valence electrons. The number of alkyl halides is 6. The summed E-state index contributed by atoms with van der Waals surface area (Å²) in [5.41, 5.74) is -4.05. The molecule has 0 atom stereocenters. The predicted octanol–water partition coefficient (Wildman–Crippen LogP) is 6.44. The number of benzene rings is 3. The zero-order valence-corrected chi connectivity index (χ0v) is 16.1. The van der Waals surface area contributed by atoms with Gasteiger partial charge in [0.05, 0.1) is 16.8 Å². The zero-order chi connectivity index (χ0) is 22.0. The van der Waals surface area contributed by atoms with Crippen molar-refractivity contribution in [2.24, 2.45) is 0 Å². The molecule has 3 aromatic rings. The van der Waals surface area contributed by atoms with E-state index < -0.39 is 41.0 Å². The van der Waals surface area contributed by atoms with Gasteiger partial charge in [-0.05, 0) is 41.8 Å². The molecule has 10 heteroatoms. The van der Waals surface area contributed by atoms with Gasteiger partial charge in [0.25, 0.3) is 11.8 Å². The number of carbonyl (C=O) groups is 2. The second-order valence-electron chi connectivity index (χ2n) is 6.53. The fourth-order valence-corrected chi connectivity index (χ4v) is 3.83. The average Bonchev–Trinajstić information content (AvgIpc) is 2.65. The van der Waals surface area contributed by atoms with E-state index in [9.17, 15) is 35.9 Å². The van der Waals surface area contributed by atoms with Gasteiger partial charge in [-0.2, -0.15) is 26.3 Å². The Kier molecular flexibility index (Phi) is 4.46. The maximum atomic E-state index is 13.2. The molecular weight excluding hydrogens is 480 g/mol. The summed E-state index contributed by atoms with van der Waals surface area (Å²) >= 11 is 3.29.